The highest BCUT2D eigenvalue weighted by Crippen LogP contribution is 2.07. The van der Waals surface area contributed by atoms with Crippen LogP contribution in [0, 0.1) is 10.1 Å². The van der Waals surface area contributed by atoms with Gasteiger partial charge in [-0.05, 0) is 11.1 Å². The molecule has 9 N–H and O–H groups in total. The fourth-order valence-corrected chi connectivity index (χ4v) is 2.82. The van der Waals surface area contributed by atoms with Crippen LogP contribution in [0.4, 0.5) is 44.5 Å². The summed E-state index contributed by atoms with van der Waals surface area (Å²) in [4.78, 5) is 52.6. The molecule has 48 heavy (non-hydrogen) atoms. The Labute approximate surface area is 281 Å². The molecule has 0 aliphatic rings. The van der Waals surface area contributed by atoms with Crippen molar-refractivity contribution in [2.45, 2.75) is 20.6 Å². The van der Waals surface area contributed by atoms with E-state index in [2.05, 4.69) is 40.0 Å². The number of hydrogen-bond donors (Lipinski definition) is 5. The van der Waals surface area contributed by atoms with Crippen molar-refractivity contribution >= 4 is 58.0 Å². The molecule has 0 bridgehead atoms. The Kier molecular flexibility index (Phi) is 18.0. The third kappa shape index (κ3) is 17.6. The summed E-state index contributed by atoms with van der Waals surface area (Å²) >= 11 is 4.97. The highest BCUT2D eigenvalue weighted by atomic mass is 35.5. The van der Waals surface area contributed by atoms with Crippen molar-refractivity contribution in [3.8, 4) is 0 Å². The minimum atomic E-state index is -0.770. The zero-order valence-corrected chi connectivity index (χ0v) is 25.2. The number of carbonyl (C=O) groups excluding carboxylic acids is 2. The minimum absolute atomic E-state index is 0. The molecule has 5 aromatic rings. The maximum absolute atomic E-state index is 11.5. The monoisotopic (exact) mass is 682 g/mol. The quantitative estimate of drug-likeness (QED) is 0.0907. The largest absolute Gasteiger partial charge is 0.449 e. The second-order valence-corrected chi connectivity index (χ2v) is 8.77. The van der Waals surface area contributed by atoms with E-state index in [-0.39, 0.29) is 45.6 Å². The lowest BCUT2D eigenvalue weighted by atomic mass is 10.2. The predicted octanol–water partition coefficient (Wildman–Crippen LogP) is 4.86. The van der Waals surface area contributed by atoms with Crippen LogP contribution in [0.1, 0.15) is 20.0 Å². The molecule has 3 aromatic heterocycles. The molecule has 254 valence electrons. The predicted molar refractivity (Wildman–Crippen MR) is 182 cm³/mol. The molecule has 0 radical (unpaired) electrons. The molecule has 18 nitrogen and oxygen atoms in total. The van der Waals surface area contributed by atoms with Crippen LogP contribution in [-0.2, 0) is 22.7 Å². The maximum Gasteiger partial charge on any atom is 0.412 e. The zero-order chi connectivity index (χ0) is 34.4. The van der Waals surface area contributed by atoms with Crippen LogP contribution in [-0.4, -0.2) is 46.3 Å². The molecule has 0 spiro atoms. The summed E-state index contributed by atoms with van der Waals surface area (Å²) in [6.45, 7) is 0.450. The number of aromatic nitrogens is 6. The molecule has 5 rings (SSSR count). The van der Waals surface area contributed by atoms with Crippen molar-refractivity contribution in [3.05, 3.63) is 119 Å². The number of nitrogens with two attached hydrogens (primary N) is 4. The Hall–Kier alpha value is -6.69. The normalized spacial score (nSPS) is 9.19. The number of rotatable bonds is 6. The SMILES string of the molecule is C.Nc1cnc(N)nc1.Nc1ncc(NC(=O)OCc2ccccc2)cn1.Nc1ncc([N+](=O)[O-])cn1.O=C(Cl)OCc1ccccc1.[HH]. The molecule has 0 saturated heterocycles. The van der Waals surface area contributed by atoms with Crippen molar-refractivity contribution < 1.29 is 25.4 Å². The van der Waals surface area contributed by atoms with E-state index in [0.29, 0.717) is 11.4 Å². The van der Waals surface area contributed by atoms with Gasteiger partial charge >= 0.3 is 17.2 Å². The lowest BCUT2D eigenvalue weighted by Gasteiger charge is -2.06. The number of halogens is 1. The van der Waals surface area contributed by atoms with Gasteiger partial charge in [-0.2, -0.15) is 0 Å². The number of nitrogens with zero attached hydrogens (tertiary/aromatic N) is 7. The first-order chi connectivity index (χ1) is 22.5. The van der Waals surface area contributed by atoms with Crippen LogP contribution < -0.4 is 28.3 Å². The van der Waals surface area contributed by atoms with Crippen molar-refractivity contribution in [2.75, 3.05) is 28.3 Å². The summed E-state index contributed by atoms with van der Waals surface area (Å²) in [6, 6.07) is 18.8. The van der Waals surface area contributed by atoms with E-state index < -0.39 is 16.4 Å². The fourth-order valence-electron chi connectivity index (χ4n) is 2.77. The number of hydrogen-bond acceptors (Lipinski definition) is 16. The maximum atomic E-state index is 11.5. The molecule has 19 heteroatoms. The summed E-state index contributed by atoms with van der Waals surface area (Å²) in [5, 5.41) is 12.5. The van der Waals surface area contributed by atoms with Gasteiger partial charge in [0.2, 0.25) is 17.8 Å². The molecule has 1 amide bonds. The van der Waals surface area contributed by atoms with Crippen LogP contribution in [0.5, 0.6) is 0 Å². The molecule has 0 saturated carbocycles. The number of anilines is 5. The van der Waals surface area contributed by atoms with Crippen LogP contribution in [0.2, 0.25) is 0 Å². The molecule has 0 aliphatic carbocycles. The lowest BCUT2D eigenvalue weighted by molar-refractivity contribution is -0.385. The van der Waals surface area contributed by atoms with Crippen molar-refractivity contribution in [3.63, 3.8) is 0 Å². The van der Waals surface area contributed by atoms with Gasteiger partial charge in [-0.15, -0.1) is 0 Å². The summed E-state index contributed by atoms with van der Waals surface area (Å²) in [5.41, 5.74) is 22.7. The number of amides is 1. The van der Waals surface area contributed by atoms with E-state index in [1.54, 1.807) is 0 Å². The molecule has 0 unspecified atom stereocenters. The van der Waals surface area contributed by atoms with Gasteiger partial charge in [0.25, 0.3) is 0 Å². The highest BCUT2D eigenvalue weighted by Gasteiger charge is 2.05. The third-order valence-corrected chi connectivity index (χ3v) is 5.00. The first kappa shape index (κ1) is 39.3. The lowest BCUT2D eigenvalue weighted by Crippen LogP contribution is -2.14. The van der Waals surface area contributed by atoms with Gasteiger partial charge in [-0.25, -0.2) is 39.5 Å². The Bertz CT molecular complexity index is 1640. The van der Waals surface area contributed by atoms with Gasteiger partial charge in [-0.3, -0.25) is 15.4 Å². The number of nitrogen functional groups attached to an aromatic ring is 4. The van der Waals surface area contributed by atoms with E-state index in [1.807, 2.05) is 60.7 Å². The van der Waals surface area contributed by atoms with Gasteiger partial charge in [0.05, 0.1) is 41.1 Å². The van der Waals surface area contributed by atoms with Gasteiger partial charge < -0.3 is 32.4 Å². The van der Waals surface area contributed by atoms with Crippen molar-refractivity contribution in [2.24, 2.45) is 0 Å². The molecule has 3 heterocycles. The van der Waals surface area contributed by atoms with Crippen LogP contribution in [0.15, 0.2) is 97.8 Å². The Balaban J connectivity index is 0.000000650. The molecule has 0 fully saturated rings. The first-order valence-corrected chi connectivity index (χ1v) is 13.4. The fraction of sp³-hybridized carbons (Fsp3) is 0.103. The topological polar surface area (TPSA) is 289 Å². The van der Waals surface area contributed by atoms with Gasteiger partial charge in [0.1, 0.15) is 25.6 Å². The first-order valence-electron chi connectivity index (χ1n) is 13.0. The van der Waals surface area contributed by atoms with Crippen LogP contribution in [0.25, 0.3) is 0 Å². The van der Waals surface area contributed by atoms with Crippen molar-refractivity contribution in [1.29, 1.82) is 0 Å². The second-order valence-electron chi connectivity index (χ2n) is 8.46. The van der Waals surface area contributed by atoms with Gasteiger partial charge in [0, 0.05) is 13.0 Å². The number of benzene rings is 2. The Morgan fingerprint density at radius 1 is 0.708 bits per heavy atom. The van der Waals surface area contributed by atoms with Gasteiger partial charge in [-0.1, -0.05) is 68.1 Å². The summed E-state index contributed by atoms with van der Waals surface area (Å²) in [6.07, 6.45) is 7.29. The Morgan fingerprint density at radius 3 is 1.50 bits per heavy atom. The van der Waals surface area contributed by atoms with Crippen molar-refractivity contribution in [1.82, 2.24) is 29.9 Å². The molecular formula is C29H35ClN12O6. The van der Waals surface area contributed by atoms with Crippen LogP contribution in [0.3, 0.4) is 0 Å². The number of nitrogens with one attached hydrogen (secondary N) is 1. The molecule has 0 aliphatic heterocycles. The average Bonchev–Trinajstić information content (AvgIpc) is 3.07. The van der Waals surface area contributed by atoms with Crippen LogP contribution >= 0.6 is 11.6 Å². The highest BCUT2D eigenvalue weighted by molar-refractivity contribution is 6.61. The average molecular weight is 683 g/mol. The molecule has 0 atom stereocenters. The number of ether oxygens (including phenoxy) is 2. The van der Waals surface area contributed by atoms with E-state index in [4.69, 9.17) is 39.3 Å². The second kappa shape index (κ2) is 21.9. The molecular weight excluding hydrogens is 648 g/mol. The number of carbonyl (C=O) groups is 2. The number of nitro groups is 1. The van der Waals surface area contributed by atoms with Gasteiger partial charge in [0.15, 0.2) is 0 Å². The summed E-state index contributed by atoms with van der Waals surface area (Å²) in [7, 11) is 0. The minimum Gasteiger partial charge on any atom is -0.449 e. The van der Waals surface area contributed by atoms with E-state index in [1.165, 1.54) is 24.8 Å². The Morgan fingerprint density at radius 2 is 1.10 bits per heavy atom. The smallest absolute Gasteiger partial charge is 0.412 e. The van der Waals surface area contributed by atoms with E-state index >= 15 is 0 Å². The zero-order valence-electron chi connectivity index (χ0n) is 24.4. The summed E-state index contributed by atoms with van der Waals surface area (Å²) < 4.78 is 9.58. The standard InChI is InChI=1S/C12H12N4O2.C8H7ClO2.C4H4N4O2.C4H6N4.CH4.H2/c13-11-14-6-10(7-15-11)16-12(17)18-8-9-4-2-1-3-5-9;9-8(10)11-6-7-4-2-1-3-5-7;5-4-6-1-3(2-7-4)8(9)10;5-3-1-7-4(6)8-2-3;;/h1-7H,8H2,(H,16,17)(H2,13,14,15);1-5H,6H2;1-2H,(H2,5,6,7);1-2H,5H2,(H2,6,7,8);1H4;1H. The molecule has 2 aromatic carbocycles. The summed E-state index contributed by atoms with van der Waals surface area (Å²) in [5.74, 6) is 0.433. The van der Waals surface area contributed by atoms with E-state index in [9.17, 15) is 19.7 Å². The third-order valence-electron chi connectivity index (χ3n) is 4.89. The van der Waals surface area contributed by atoms with E-state index in [0.717, 1.165) is 23.5 Å².